The van der Waals surface area contributed by atoms with Crippen LogP contribution in [0.5, 0.6) is 0 Å². The lowest BCUT2D eigenvalue weighted by atomic mass is 10.0. The lowest BCUT2D eigenvalue weighted by Gasteiger charge is -2.26. The summed E-state index contributed by atoms with van der Waals surface area (Å²) in [5.41, 5.74) is 7.64. The Labute approximate surface area is 155 Å². The lowest BCUT2D eigenvalue weighted by molar-refractivity contribution is -0.132. The standard InChI is InChI=1S/C21H27N3O2/c1-17(25)23-20(19-11-6-3-7-12-19)15-21(26)24(14-8-13-22)16-18-9-4-2-5-10-18/h2-7,9-12,20H,8,13-16,22H2,1H3,(H,23,25). The summed E-state index contributed by atoms with van der Waals surface area (Å²) in [6.07, 6.45) is 0.968. The molecule has 0 aliphatic heterocycles. The summed E-state index contributed by atoms with van der Waals surface area (Å²) in [6, 6.07) is 19.1. The van der Waals surface area contributed by atoms with Gasteiger partial charge in [0.15, 0.2) is 0 Å². The van der Waals surface area contributed by atoms with Gasteiger partial charge in [0, 0.05) is 20.0 Å². The summed E-state index contributed by atoms with van der Waals surface area (Å²) in [6.45, 7) is 3.15. The molecule has 0 bridgehead atoms. The van der Waals surface area contributed by atoms with Gasteiger partial charge >= 0.3 is 0 Å². The summed E-state index contributed by atoms with van der Waals surface area (Å²) in [7, 11) is 0. The first-order valence-electron chi connectivity index (χ1n) is 8.94. The highest BCUT2D eigenvalue weighted by atomic mass is 16.2. The molecule has 138 valence electrons. The number of hydrogen-bond acceptors (Lipinski definition) is 3. The summed E-state index contributed by atoms with van der Waals surface area (Å²) < 4.78 is 0. The molecule has 5 nitrogen and oxygen atoms in total. The summed E-state index contributed by atoms with van der Waals surface area (Å²) >= 11 is 0. The number of carbonyl (C=O) groups excluding carboxylic acids is 2. The van der Waals surface area contributed by atoms with E-state index in [2.05, 4.69) is 5.32 Å². The molecule has 0 spiro atoms. The van der Waals surface area contributed by atoms with Crippen molar-refractivity contribution in [2.45, 2.75) is 32.4 Å². The molecular weight excluding hydrogens is 326 g/mol. The van der Waals surface area contributed by atoms with Gasteiger partial charge in [0.1, 0.15) is 0 Å². The van der Waals surface area contributed by atoms with Crippen LogP contribution in [0.2, 0.25) is 0 Å². The molecule has 0 saturated heterocycles. The van der Waals surface area contributed by atoms with E-state index >= 15 is 0 Å². The average molecular weight is 353 g/mol. The van der Waals surface area contributed by atoms with E-state index in [-0.39, 0.29) is 24.3 Å². The van der Waals surface area contributed by atoms with Gasteiger partial charge in [0.25, 0.3) is 0 Å². The molecule has 1 atom stereocenters. The smallest absolute Gasteiger partial charge is 0.225 e. The number of rotatable bonds is 9. The Morgan fingerprint density at radius 3 is 2.23 bits per heavy atom. The Morgan fingerprint density at radius 2 is 1.65 bits per heavy atom. The van der Waals surface area contributed by atoms with Gasteiger partial charge in [-0.3, -0.25) is 9.59 Å². The molecule has 0 aliphatic carbocycles. The molecule has 5 heteroatoms. The fraction of sp³-hybridized carbons (Fsp3) is 0.333. The van der Waals surface area contributed by atoms with Crippen molar-refractivity contribution in [3.63, 3.8) is 0 Å². The van der Waals surface area contributed by atoms with Crippen molar-refractivity contribution < 1.29 is 9.59 Å². The number of amides is 2. The Balaban J connectivity index is 2.12. The topological polar surface area (TPSA) is 75.4 Å². The Kier molecular flexibility index (Phi) is 7.83. The minimum Gasteiger partial charge on any atom is -0.349 e. The van der Waals surface area contributed by atoms with Crippen molar-refractivity contribution in [1.29, 1.82) is 0 Å². The predicted molar refractivity (Wildman–Crippen MR) is 103 cm³/mol. The molecule has 0 aromatic heterocycles. The van der Waals surface area contributed by atoms with Crippen LogP contribution in [0.1, 0.15) is 36.9 Å². The van der Waals surface area contributed by atoms with Crippen LogP contribution in [0.15, 0.2) is 60.7 Å². The summed E-state index contributed by atoms with van der Waals surface area (Å²) in [4.78, 5) is 26.4. The zero-order valence-electron chi connectivity index (χ0n) is 15.2. The van der Waals surface area contributed by atoms with Crippen molar-refractivity contribution in [3.8, 4) is 0 Å². The minimum atomic E-state index is -0.336. The van der Waals surface area contributed by atoms with E-state index in [9.17, 15) is 9.59 Å². The first kappa shape index (κ1) is 19.7. The maximum absolute atomic E-state index is 13.0. The van der Waals surface area contributed by atoms with Gasteiger partial charge < -0.3 is 16.0 Å². The third kappa shape index (κ3) is 6.33. The summed E-state index contributed by atoms with van der Waals surface area (Å²) in [5.74, 6) is -0.145. The Bertz CT molecular complexity index is 689. The average Bonchev–Trinajstić information content (AvgIpc) is 2.65. The normalized spacial score (nSPS) is 11.6. The third-order valence-electron chi connectivity index (χ3n) is 4.16. The van der Waals surface area contributed by atoms with Crippen LogP contribution in [0.4, 0.5) is 0 Å². The van der Waals surface area contributed by atoms with Crippen LogP contribution >= 0.6 is 0 Å². The van der Waals surface area contributed by atoms with Gasteiger partial charge in [-0.1, -0.05) is 60.7 Å². The maximum atomic E-state index is 13.0. The number of nitrogens with zero attached hydrogens (tertiary/aromatic N) is 1. The molecule has 2 aromatic carbocycles. The lowest BCUT2D eigenvalue weighted by Crippen LogP contribution is -2.36. The number of hydrogen-bond donors (Lipinski definition) is 2. The van der Waals surface area contributed by atoms with E-state index in [1.807, 2.05) is 65.6 Å². The molecule has 2 rings (SSSR count). The molecule has 1 unspecified atom stereocenters. The highest BCUT2D eigenvalue weighted by Gasteiger charge is 2.21. The minimum absolute atomic E-state index is 0.00454. The van der Waals surface area contributed by atoms with Crippen molar-refractivity contribution in [2.75, 3.05) is 13.1 Å². The predicted octanol–water partition coefficient (Wildman–Crippen LogP) is 2.63. The van der Waals surface area contributed by atoms with Gasteiger partial charge in [-0.2, -0.15) is 0 Å². The SMILES string of the molecule is CC(=O)NC(CC(=O)N(CCCN)Cc1ccccc1)c1ccccc1. The molecule has 0 heterocycles. The quantitative estimate of drug-likeness (QED) is 0.728. The molecule has 2 amide bonds. The monoisotopic (exact) mass is 353 g/mol. The maximum Gasteiger partial charge on any atom is 0.225 e. The van der Waals surface area contributed by atoms with Crippen molar-refractivity contribution in [1.82, 2.24) is 10.2 Å². The van der Waals surface area contributed by atoms with Gasteiger partial charge in [-0.05, 0) is 24.1 Å². The number of carbonyl (C=O) groups is 2. The van der Waals surface area contributed by atoms with Gasteiger partial charge in [-0.15, -0.1) is 0 Å². The van der Waals surface area contributed by atoms with Crippen LogP contribution in [-0.2, 0) is 16.1 Å². The summed E-state index contributed by atoms with van der Waals surface area (Å²) in [5, 5.41) is 2.89. The van der Waals surface area contributed by atoms with Crippen LogP contribution in [0.25, 0.3) is 0 Å². The van der Waals surface area contributed by atoms with Gasteiger partial charge in [0.2, 0.25) is 11.8 Å². The van der Waals surface area contributed by atoms with Crippen LogP contribution in [0, 0.1) is 0 Å². The molecule has 26 heavy (non-hydrogen) atoms. The molecule has 0 radical (unpaired) electrons. The first-order chi connectivity index (χ1) is 12.6. The molecule has 2 aromatic rings. The van der Waals surface area contributed by atoms with E-state index in [1.54, 1.807) is 0 Å². The van der Waals surface area contributed by atoms with Crippen molar-refractivity contribution in [3.05, 3.63) is 71.8 Å². The van der Waals surface area contributed by atoms with E-state index in [4.69, 9.17) is 5.73 Å². The highest BCUT2D eigenvalue weighted by Crippen LogP contribution is 2.19. The molecule has 0 saturated carbocycles. The Hall–Kier alpha value is -2.66. The van der Waals surface area contributed by atoms with Crippen molar-refractivity contribution in [2.24, 2.45) is 5.73 Å². The second-order valence-electron chi connectivity index (χ2n) is 6.31. The van der Waals surface area contributed by atoms with E-state index in [1.165, 1.54) is 6.92 Å². The fourth-order valence-electron chi connectivity index (χ4n) is 2.86. The molecular formula is C21H27N3O2. The van der Waals surface area contributed by atoms with Crippen LogP contribution in [0.3, 0.4) is 0 Å². The zero-order chi connectivity index (χ0) is 18.8. The molecule has 3 N–H and O–H groups in total. The zero-order valence-corrected chi connectivity index (χ0v) is 15.2. The largest absolute Gasteiger partial charge is 0.349 e. The highest BCUT2D eigenvalue weighted by molar-refractivity contribution is 5.79. The third-order valence-corrected chi connectivity index (χ3v) is 4.16. The van der Waals surface area contributed by atoms with Crippen LogP contribution in [-0.4, -0.2) is 29.8 Å². The number of nitrogens with two attached hydrogens (primary N) is 1. The first-order valence-corrected chi connectivity index (χ1v) is 8.94. The Morgan fingerprint density at radius 1 is 1.04 bits per heavy atom. The van der Waals surface area contributed by atoms with E-state index < -0.39 is 0 Å². The van der Waals surface area contributed by atoms with Crippen LogP contribution < -0.4 is 11.1 Å². The molecule has 0 aliphatic rings. The molecule has 0 fully saturated rings. The fourth-order valence-corrected chi connectivity index (χ4v) is 2.86. The number of benzene rings is 2. The van der Waals surface area contributed by atoms with E-state index in [0.717, 1.165) is 17.5 Å². The second-order valence-corrected chi connectivity index (χ2v) is 6.31. The van der Waals surface area contributed by atoms with Gasteiger partial charge in [-0.25, -0.2) is 0 Å². The van der Waals surface area contributed by atoms with Crippen molar-refractivity contribution >= 4 is 11.8 Å². The van der Waals surface area contributed by atoms with E-state index in [0.29, 0.717) is 19.6 Å². The number of nitrogens with one attached hydrogen (secondary N) is 1. The second kappa shape index (κ2) is 10.4. The van der Waals surface area contributed by atoms with Gasteiger partial charge in [0.05, 0.1) is 12.5 Å².